The van der Waals surface area contributed by atoms with Gasteiger partial charge in [-0.05, 0) is 26.7 Å². The van der Waals surface area contributed by atoms with E-state index >= 15 is 0 Å². The van der Waals surface area contributed by atoms with Gasteiger partial charge in [0.15, 0.2) is 0 Å². The van der Waals surface area contributed by atoms with Crippen LogP contribution in [0, 0.1) is 5.92 Å². The van der Waals surface area contributed by atoms with Gasteiger partial charge in [0.05, 0.1) is 6.61 Å². The minimum atomic E-state index is -0.377. The van der Waals surface area contributed by atoms with E-state index in [-0.39, 0.29) is 42.8 Å². The van der Waals surface area contributed by atoms with Crippen molar-refractivity contribution in [2.75, 3.05) is 13.2 Å². The van der Waals surface area contributed by atoms with Crippen LogP contribution in [0.5, 0.6) is 0 Å². The van der Waals surface area contributed by atoms with Crippen LogP contribution in [-0.4, -0.2) is 42.0 Å². The highest BCUT2D eigenvalue weighted by molar-refractivity contribution is 5.82. The fourth-order valence-corrected chi connectivity index (χ4v) is 1.46. The molecule has 0 rings (SSSR count). The van der Waals surface area contributed by atoms with Crippen LogP contribution in [0.4, 0.5) is 0 Å². The first-order valence-electron chi connectivity index (χ1n) is 6.50. The molecule has 0 saturated heterocycles. The van der Waals surface area contributed by atoms with Crippen molar-refractivity contribution < 1.29 is 14.3 Å². The molecule has 106 valence electrons. The van der Waals surface area contributed by atoms with Gasteiger partial charge in [0.2, 0.25) is 5.91 Å². The zero-order valence-corrected chi connectivity index (χ0v) is 12.1. The van der Waals surface area contributed by atoms with Crippen LogP contribution in [0.25, 0.3) is 0 Å². The largest absolute Gasteiger partial charge is 0.465 e. The van der Waals surface area contributed by atoms with Crippen LogP contribution in [0.3, 0.4) is 0 Å². The summed E-state index contributed by atoms with van der Waals surface area (Å²) in [6.45, 7) is 9.76. The monoisotopic (exact) mass is 258 g/mol. The van der Waals surface area contributed by atoms with Crippen molar-refractivity contribution >= 4 is 11.9 Å². The lowest BCUT2D eigenvalue weighted by atomic mass is 10.0. The lowest BCUT2D eigenvalue weighted by Crippen LogP contribution is -2.44. The van der Waals surface area contributed by atoms with Crippen molar-refractivity contribution in [1.29, 1.82) is 0 Å². The Hall–Kier alpha value is -1.10. The van der Waals surface area contributed by atoms with E-state index in [1.807, 2.05) is 27.7 Å². The Kier molecular flexibility index (Phi) is 7.59. The molecule has 0 aromatic carbocycles. The molecule has 0 heterocycles. The number of carbonyl (C=O) groups excluding carboxylic acids is 2. The predicted molar refractivity (Wildman–Crippen MR) is 70.9 cm³/mol. The lowest BCUT2D eigenvalue weighted by Gasteiger charge is -2.27. The molecule has 0 saturated carbocycles. The van der Waals surface area contributed by atoms with Gasteiger partial charge in [-0.1, -0.05) is 13.8 Å². The topological polar surface area (TPSA) is 72.6 Å². The van der Waals surface area contributed by atoms with Crippen molar-refractivity contribution in [2.24, 2.45) is 11.7 Å². The van der Waals surface area contributed by atoms with E-state index in [0.717, 1.165) is 0 Å². The molecule has 1 amide bonds. The molecule has 0 aromatic heterocycles. The maximum absolute atomic E-state index is 12.1. The smallest absolute Gasteiger partial charge is 0.325 e. The third kappa shape index (κ3) is 6.00. The zero-order valence-electron chi connectivity index (χ0n) is 12.1. The molecule has 0 bridgehead atoms. The van der Waals surface area contributed by atoms with Crippen molar-refractivity contribution in [3.63, 3.8) is 0 Å². The van der Waals surface area contributed by atoms with E-state index in [2.05, 4.69) is 0 Å². The number of carbonyl (C=O) groups is 2. The van der Waals surface area contributed by atoms with E-state index in [0.29, 0.717) is 6.61 Å². The first kappa shape index (κ1) is 16.9. The summed E-state index contributed by atoms with van der Waals surface area (Å²) in [6, 6.07) is -0.220. The van der Waals surface area contributed by atoms with E-state index in [1.165, 1.54) is 4.90 Å². The molecule has 0 aliphatic carbocycles. The molecule has 1 atom stereocenters. The second-order valence-corrected chi connectivity index (χ2v) is 5.03. The molecule has 0 fully saturated rings. The van der Waals surface area contributed by atoms with Crippen LogP contribution >= 0.6 is 0 Å². The fraction of sp³-hybridized carbons (Fsp3) is 0.846. The Labute approximate surface area is 110 Å². The van der Waals surface area contributed by atoms with Gasteiger partial charge in [-0.2, -0.15) is 0 Å². The van der Waals surface area contributed by atoms with E-state index in [1.54, 1.807) is 6.92 Å². The normalized spacial score (nSPS) is 12.7. The molecule has 0 aliphatic heterocycles. The number of nitrogens with two attached hydrogens (primary N) is 1. The summed E-state index contributed by atoms with van der Waals surface area (Å²) in [6.07, 6.45) is 0.259. The summed E-state index contributed by atoms with van der Waals surface area (Å²) >= 11 is 0. The number of rotatable bonds is 7. The summed E-state index contributed by atoms with van der Waals surface area (Å²) in [4.78, 5) is 25.0. The van der Waals surface area contributed by atoms with Gasteiger partial charge in [0.25, 0.3) is 0 Å². The molecule has 0 aromatic rings. The van der Waals surface area contributed by atoms with Gasteiger partial charge in [-0.15, -0.1) is 0 Å². The summed E-state index contributed by atoms with van der Waals surface area (Å²) in [5.74, 6) is -0.234. The Morgan fingerprint density at radius 3 is 2.17 bits per heavy atom. The standard InChI is InChI=1S/C13H26N2O3/c1-6-18-13(17)8-15(10(4)5)12(16)7-11(14)9(2)3/h9-11H,6-8,14H2,1-5H3. The van der Waals surface area contributed by atoms with Crippen molar-refractivity contribution in [3.8, 4) is 0 Å². The molecule has 5 heteroatoms. The average Bonchev–Trinajstić information content (AvgIpc) is 2.25. The van der Waals surface area contributed by atoms with Gasteiger partial charge in [-0.3, -0.25) is 9.59 Å². The maximum atomic E-state index is 12.1. The Morgan fingerprint density at radius 2 is 1.78 bits per heavy atom. The van der Waals surface area contributed by atoms with Crippen LogP contribution in [0.1, 0.15) is 41.0 Å². The quantitative estimate of drug-likeness (QED) is 0.695. The Bertz CT molecular complexity index is 277. The second kappa shape index (κ2) is 8.08. The highest BCUT2D eigenvalue weighted by Gasteiger charge is 2.23. The number of ether oxygens (including phenoxy) is 1. The highest BCUT2D eigenvalue weighted by Crippen LogP contribution is 2.08. The van der Waals surface area contributed by atoms with Crippen LogP contribution < -0.4 is 5.73 Å². The number of hydrogen-bond acceptors (Lipinski definition) is 4. The fourth-order valence-electron chi connectivity index (χ4n) is 1.46. The van der Waals surface area contributed by atoms with Gasteiger partial charge >= 0.3 is 5.97 Å². The minimum absolute atomic E-state index is 0.00481. The summed E-state index contributed by atoms with van der Waals surface area (Å²) in [7, 11) is 0. The molecule has 18 heavy (non-hydrogen) atoms. The number of amides is 1. The van der Waals surface area contributed by atoms with Crippen molar-refractivity contribution in [3.05, 3.63) is 0 Å². The SMILES string of the molecule is CCOC(=O)CN(C(=O)CC(N)C(C)C)C(C)C. The predicted octanol–water partition coefficient (Wildman–Crippen LogP) is 1.16. The Balaban J connectivity index is 4.50. The summed E-state index contributed by atoms with van der Waals surface area (Å²) < 4.78 is 4.86. The lowest BCUT2D eigenvalue weighted by molar-refractivity contribution is -0.150. The van der Waals surface area contributed by atoms with Crippen LogP contribution in [0.15, 0.2) is 0 Å². The molecular formula is C13H26N2O3. The van der Waals surface area contributed by atoms with Gasteiger partial charge in [0.1, 0.15) is 6.54 Å². The van der Waals surface area contributed by atoms with E-state index in [9.17, 15) is 9.59 Å². The van der Waals surface area contributed by atoms with Gasteiger partial charge in [0, 0.05) is 18.5 Å². The first-order valence-corrected chi connectivity index (χ1v) is 6.50. The third-order valence-electron chi connectivity index (χ3n) is 2.82. The molecule has 0 radical (unpaired) electrons. The number of hydrogen-bond donors (Lipinski definition) is 1. The second-order valence-electron chi connectivity index (χ2n) is 5.03. The summed E-state index contributed by atoms with van der Waals surface area (Å²) in [5.41, 5.74) is 5.88. The molecular weight excluding hydrogens is 232 g/mol. The third-order valence-corrected chi connectivity index (χ3v) is 2.82. The molecule has 2 N–H and O–H groups in total. The van der Waals surface area contributed by atoms with Crippen LogP contribution in [-0.2, 0) is 14.3 Å². The number of nitrogens with zero attached hydrogens (tertiary/aromatic N) is 1. The molecule has 1 unspecified atom stereocenters. The number of esters is 1. The first-order chi connectivity index (χ1) is 8.29. The highest BCUT2D eigenvalue weighted by atomic mass is 16.5. The molecule has 5 nitrogen and oxygen atoms in total. The van der Waals surface area contributed by atoms with Crippen molar-refractivity contribution in [1.82, 2.24) is 4.90 Å². The summed E-state index contributed by atoms with van der Waals surface area (Å²) in [5, 5.41) is 0. The minimum Gasteiger partial charge on any atom is -0.465 e. The molecule has 0 spiro atoms. The van der Waals surface area contributed by atoms with Gasteiger partial charge in [-0.25, -0.2) is 0 Å². The van der Waals surface area contributed by atoms with E-state index < -0.39 is 0 Å². The average molecular weight is 258 g/mol. The maximum Gasteiger partial charge on any atom is 0.325 e. The molecule has 0 aliphatic rings. The van der Waals surface area contributed by atoms with Crippen LogP contribution in [0.2, 0.25) is 0 Å². The zero-order chi connectivity index (χ0) is 14.3. The van der Waals surface area contributed by atoms with E-state index in [4.69, 9.17) is 10.5 Å². The Morgan fingerprint density at radius 1 is 1.22 bits per heavy atom. The van der Waals surface area contributed by atoms with Gasteiger partial charge < -0.3 is 15.4 Å². The van der Waals surface area contributed by atoms with Crippen molar-refractivity contribution in [2.45, 2.75) is 53.1 Å².